The molecule has 2 aromatic rings. The predicted molar refractivity (Wildman–Crippen MR) is 123 cm³/mol. The predicted octanol–water partition coefficient (Wildman–Crippen LogP) is 3.58. The van der Waals surface area contributed by atoms with Gasteiger partial charge in [-0.05, 0) is 57.4 Å². The summed E-state index contributed by atoms with van der Waals surface area (Å²) < 4.78 is 13.2. The second-order valence-corrected chi connectivity index (χ2v) is 9.53. The van der Waals surface area contributed by atoms with Crippen molar-refractivity contribution in [3.8, 4) is 17.1 Å². The number of ether oxygens (including phenoxy) is 2. The maximum absolute atomic E-state index is 12.4. The van der Waals surface area contributed by atoms with E-state index in [0.29, 0.717) is 42.6 Å². The van der Waals surface area contributed by atoms with Crippen LogP contribution in [0.1, 0.15) is 56.2 Å². The minimum atomic E-state index is -0.765. The number of hydrogen-bond acceptors (Lipinski definition) is 7. The van der Waals surface area contributed by atoms with Crippen LogP contribution >= 0.6 is 0 Å². The maximum atomic E-state index is 12.4. The Hall–Kier alpha value is -3.17. The molecule has 10 heteroatoms. The average molecular weight is 472 g/mol. The summed E-state index contributed by atoms with van der Waals surface area (Å²) in [7, 11) is 3.53. The Morgan fingerprint density at radius 3 is 2.68 bits per heavy atom. The molecule has 0 radical (unpaired) electrons. The van der Waals surface area contributed by atoms with Crippen LogP contribution in [0.5, 0.6) is 5.88 Å². The standard InChI is InChI=1S/C24H33N5O5/c1-15-10-18(12-25-22(15)34-19-9-5-8-17(11-19)23(30)31)21-20(29(3)27-26-21)14-33-24(32)28(2)13-16-6-4-7-16/h10,12,16-17,19H,4-9,11,13-14H2,1-3H3,(H,30,31)/t17-,19-/m0/s1. The summed E-state index contributed by atoms with van der Waals surface area (Å²) in [6, 6.07) is 1.91. The van der Waals surface area contributed by atoms with Crippen LogP contribution in [0.3, 0.4) is 0 Å². The zero-order chi connectivity index (χ0) is 24.2. The first-order valence-corrected chi connectivity index (χ1v) is 11.9. The highest BCUT2D eigenvalue weighted by Gasteiger charge is 2.29. The van der Waals surface area contributed by atoms with Crippen molar-refractivity contribution in [3.63, 3.8) is 0 Å². The molecule has 0 unspecified atom stereocenters. The second kappa shape index (κ2) is 10.4. The molecule has 4 rings (SSSR count). The molecule has 0 aromatic carbocycles. The molecule has 0 spiro atoms. The smallest absolute Gasteiger partial charge is 0.409 e. The molecule has 2 atom stereocenters. The number of amides is 1. The van der Waals surface area contributed by atoms with Crippen LogP contribution in [0.25, 0.3) is 11.3 Å². The molecule has 1 amide bonds. The highest BCUT2D eigenvalue weighted by molar-refractivity contribution is 5.70. The van der Waals surface area contributed by atoms with E-state index in [-0.39, 0.29) is 24.7 Å². The molecular formula is C24H33N5O5. The van der Waals surface area contributed by atoms with Gasteiger partial charge in [-0.2, -0.15) is 0 Å². The molecule has 2 fully saturated rings. The molecule has 34 heavy (non-hydrogen) atoms. The van der Waals surface area contributed by atoms with E-state index in [1.165, 1.54) is 19.3 Å². The normalized spacial score (nSPS) is 20.4. The van der Waals surface area contributed by atoms with Crippen LogP contribution in [-0.4, -0.2) is 61.7 Å². The minimum Gasteiger partial charge on any atom is -0.481 e. The number of aromatic nitrogens is 4. The quantitative estimate of drug-likeness (QED) is 0.620. The highest BCUT2D eigenvalue weighted by atomic mass is 16.6. The van der Waals surface area contributed by atoms with Crippen molar-refractivity contribution >= 4 is 12.1 Å². The molecule has 2 aromatic heterocycles. The monoisotopic (exact) mass is 471 g/mol. The second-order valence-electron chi connectivity index (χ2n) is 9.53. The van der Waals surface area contributed by atoms with Gasteiger partial charge >= 0.3 is 12.1 Å². The Balaban J connectivity index is 1.41. The number of carbonyl (C=O) groups excluding carboxylic acids is 1. The van der Waals surface area contributed by atoms with E-state index >= 15 is 0 Å². The fourth-order valence-corrected chi connectivity index (χ4v) is 4.59. The van der Waals surface area contributed by atoms with Gasteiger partial charge < -0.3 is 19.5 Å². The summed E-state index contributed by atoms with van der Waals surface area (Å²) in [4.78, 5) is 29.9. The number of aryl methyl sites for hydroxylation is 2. The van der Waals surface area contributed by atoms with Gasteiger partial charge in [0.15, 0.2) is 0 Å². The van der Waals surface area contributed by atoms with Gasteiger partial charge in [-0.15, -0.1) is 5.10 Å². The van der Waals surface area contributed by atoms with Crippen molar-refractivity contribution in [2.45, 2.75) is 64.6 Å². The van der Waals surface area contributed by atoms with Crippen LogP contribution in [-0.2, 0) is 23.2 Å². The Bertz CT molecular complexity index is 1030. The highest BCUT2D eigenvalue weighted by Crippen LogP contribution is 2.31. The topological polar surface area (TPSA) is 120 Å². The van der Waals surface area contributed by atoms with Gasteiger partial charge in [0, 0.05) is 38.0 Å². The van der Waals surface area contributed by atoms with Crippen LogP contribution in [0, 0.1) is 18.8 Å². The summed E-state index contributed by atoms with van der Waals surface area (Å²) in [5.41, 5.74) is 2.85. The third-order valence-corrected chi connectivity index (χ3v) is 6.90. The van der Waals surface area contributed by atoms with Gasteiger partial charge in [-0.25, -0.2) is 14.5 Å². The lowest BCUT2D eigenvalue weighted by Gasteiger charge is -2.29. The number of carbonyl (C=O) groups is 2. The van der Waals surface area contributed by atoms with Crippen LogP contribution in [0.4, 0.5) is 4.79 Å². The summed E-state index contributed by atoms with van der Waals surface area (Å²) in [6.07, 6.45) is 7.55. The van der Waals surface area contributed by atoms with Gasteiger partial charge in [0.25, 0.3) is 0 Å². The first-order valence-electron chi connectivity index (χ1n) is 11.9. The van der Waals surface area contributed by atoms with Crippen molar-refractivity contribution in [2.75, 3.05) is 13.6 Å². The van der Waals surface area contributed by atoms with Crippen molar-refractivity contribution < 1.29 is 24.2 Å². The van der Waals surface area contributed by atoms with E-state index in [9.17, 15) is 14.7 Å². The van der Waals surface area contributed by atoms with E-state index in [2.05, 4.69) is 15.3 Å². The molecule has 0 saturated heterocycles. The summed E-state index contributed by atoms with van der Waals surface area (Å²) in [6.45, 7) is 2.67. The maximum Gasteiger partial charge on any atom is 0.409 e. The Kier molecular flexibility index (Phi) is 7.33. The lowest BCUT2D eigenvalue weighted by molar-refractivity contribution is -0.143. The molecule has 2 aliphatic carbocycles. The molecule has 2 saturated carbocycles. The number of nitrogens with zero attached hydrogens (tertiary/aromatic N) is 5. The van der Waals surface area contributed by atoms with E-state index in [4.69, 9.17) is 9.47 Å². The van der Waals surface area contributed by atoms with Gasteiger partial charge in [0.2, 0.25) is 5.88 Å². The molecule has 2 aliphatic rings. The third-order valence-electron chi connectivity index (χ3n) is 6.90. The number of carboxylic acid groups (broad SMARTS) is 1. The molecule has 1 N–H and O–H groups in total. The minimum absolute atomic E-state index is 0.0582. The number of pyridine rings is 1. The fourth-order valence-electron chi connectivity index (χ4n) is 4.59. The lowest BCUT2D eigenvalue weighted by Crippen LogP contribution is -2.34. The molecule has 0 aliphatic heterocycles. The summed E-state index contributed by atoms with van der Waals surface area (Å²) >= 11 is 0. The summed E-state index contributed by atoms with van der Waals surface area (Å²) in [5, 5.41) is 17.7. The zero-order valence-electron chi connectivity index (χ0n) is 20.1. The van der Waals surface area contributed by atoms with Crippen LogP contribution < -0.4 is 4.74 Å². The van der Waals surface area contributed by atoms with E-state index in [1.807, 2.05) is 13.0 Å². The van der Waals surface area contributed by atoms with Crippen LogP contribution in [0.15, 0.2) is 12.3 Å². The molecule has 2 heterocycles. The van der Waals surface area contributed by atoms with E-state index in [0.717, 1.165) is 24.0 Å². The number of hydrogen-bond donors (Lipinski definition) is 1. The van der Waals surface area contributed by atoms with Gasteiger partial charge in [-0.1, -0.05) is 11.6 Å². The lowest BCUT2D eigenvalue weighted by atomic mass is 9.85. The van der Waals surface area contributed by atoms with E-state index < -0.39 is 5.97 Å². The number of carboxylic acids is 1. The Labute approximate surface area is 199 Å². The first kappa shape index (κ1) is 24.0. The van der Waals surface area contributed by atoms with Crippen molar-refractivity contribution in [3.05, 3.63) is 23.5 Å². The number of rotatable bonds is 8. The van der Waals surface area contributed by atoms with Crippen molar-refractivity contribution in [1.29, 1.82) is 0 Å². The average Bonchev–Trinajstić information content (AvgIpc) is 3.16. The largest absolute Gasteiger partial charge is 0.481 e. The SMILES string of the molecule is Cc1cc(-c2nnn(C)c2COC(=O)N(C)CC2CCC2)cnc1O[C@H]1CCC[C@H](C(=O)O)C1. The first-order chi connectivity index (χ1) is 16.3. The third kappa shape index (κ3) is 5.48. The summed E-state index contributed by atoms with van der Waals surface area (Å²) in [5.74, 6) is -0.0615. The Morgan fingerprint density at radius 2 is 2.00 bits per heavy atom. The van der Waals surface area contributed by atoms with Crippen molar-refractivity contribution in [2.24, 2.45) is 18.9 Å². The number of aliphatic carboxylic acids is 1. The van der Waals surface area contributed by atoms with Crippen LogP contribution in [0.2, 0.25) is 0 Å². The Morgan fingerprint density at radius 1 is 1.24 bits per heavy atom. The van der Waals surface area contributed by atoms with E-state index in [1.54, 1.807) is 29.9 Å². The molecule has 10 nitrogen and oxygen atoms in total. The fraction of sp³-hybridized carbons (Fsp3) is 0.625. The molecule has 0 bridgehead atoms. The van der Waals surface area contributed by atoms with Crippen molar-refractivity contribution in [1.82, 2.24) is 24.9 Å². The van der Waals surface area contributed by atoms with Gasteiger partial charge in [0.1, 0.15) is 24.1 Å². The molecule has 184 valence electrons. The van der Waals surface area contributed by atoms with Gasteiger partial charge in [0.05, 0.1) is 5.92 Å². The zero-order valence-corrected chi connectivity index (χ0v) is 20.1. The molecular weight excluding hydrogens is 438 g/mol. The van der Waals surface area contributed by atoms with Gasteiger partial charge in [-0.3, -0.25) is 4.79 Å².